The first kappa shape index (κ1) is 21.4. The van der Waals surface area contributed by atoms with Crippen LogP contribution in [0.4, 0.5) is 13.2 Å². The van der Waals surface area contributed by atoms with Crippen LogP contribution in [0, 0.1) is 0 Å². The fourth-order valence-corrected chi connectivity index (χ4v) is 3.67. The average Bonchev–Trinajstić information content (AvgIpc) is 2.73. The quantitative estimate of drug-likeness (QED) is 0.561. The molecule has 0 spiro atoms. The molecule has 162 valence electrons. The lowest BCUT2D eigenvalue weighted by molar-refractivity contribution is -0.137. The Labute approximate surface area is 180 Å². The van der Waals surface area contributed by atoms with Gasteiger partial charge in [0.15, 0.2) is 0 Å². The summed E-state index contributed by atoms with van der Waals surface area (Å²) in [5.41, 5.74) is 3.54. The molecule has 0 N–H and O–H groups in total. The summed E-state index contributed by atoms with van der Waals surface area (Å²) in [6.45, 7) is 8.72. The highest BCUT2D eigenvalue weighted by Gasteiger charge is 2.30. The Kier molecular flexibility index (Phi) is 5.56. The SMILES string of the molecule is CC(C)(C)c1ncc2c(n1)CCN(Cc1ccc(-c3cccc(C(F)(F)F)c3)nc1)C2. The molecule has 4 rings (SSSR count). The van der Waals surface area contributed by atoms with Crippen molar-refractivity contribution in [2.45, 2.75) is 51.9 Å². The average molecular weight is 426 g/mol. The highest BCUT2D eigenvalue weighted by molar-refractivity contribution is 5.60. The smallest absolute Gasteiger partial charge is 0.294 e. The predicted molar refractivity (Wildman–Crippen MR) is 113 cm³/mol. The lowest BCUT2D eigenvalue weighted by atomic mass is 9.95. The molecule has 31 heavy (non-hydrogen) atoms. The molecular weight excluding hydrogens is 401 g/mol. The maximum absolute atomic E-state index is 13.0. The van der Waals surface area contributed by atoms with Gasteiger partial charge >= 0.3 is 6.18 Å². The van der Waals surface area contributed by atoms with Gasteiger partial charge in [-0.05, 0) is 23.8 Å². The van der Waals surface area contributed by atoms with E-state index in [1.54, 1.807) is 18.3 Å². The fraction of sp³-hybridized carbons (Fsp3) is 0.375. The van der Waals surface area contributed by atoms with Gasteiger partial charge in [0.25, 0.3) is 0 Å². The van der Waals surface area contributed by atoms with Crippen molar-refractivity contribution >= 4 is 0 Å². The van der Waals surface area contributed by atoms with E-state index in [1.165, 1.54) is 6.07 Å². The summed E-state index contributed by atoms with van der Waals surface area (Å²) in [4.78, 5) is 16.0. The molecule has 1 aliphatic heterocycles. The summed E-state index contributed by atoms with van der Waals surface area (Å²) in [5, 5.41) is 0. The van der Waals surface area contributed by atoms with Gasteiger partial charge in [-0.2, -0.15) is 13.2 Å². The number of hydrogen-bond donors (Lipinski definition) is 0. The number of rotatable bonds is 3. The topological polar surface area (TPSA) is 41.9 Å². The van der Waals surface area contributed by atoms with Crippen LogP contribution in [0.15, 0.2) is 48.8 Å². The Hall–Kier alpha value is -2.80. The molecule has 0 saturated carbocycles. The van der Waals surface area contributed by atoms with Gasteiger partial charge in [0, 0.05) is 60.7 Å². The highest BCUT2D eigenvalue weighted by atomic mass is 19.4. The van der Waals surface area contributed by atoms with E-state index in [-0.39, 0.29) is 5.41 Å². The Morgan fingerprint density at radius 1 is 1.00 bits per heavy atom. The minimum Gasteiger partial charge on any atom is -0.294 e. The zero-order valence-electron chi connectivity index (χ0n) is 17.9. The van der Waals surface area contributed by atoms with Crippen molar-refractivity contribution in [2.75, 3.05) is 6.54 Å². The summed E-state index contributed by atoms with van der Waals surface area (Å²) in [6, 6.07) is 8.96. The Bertz CT molecular complexity index is 1070. The highest BCUT2D eigenvalue weighted by Crippen LogP contribution is 2.32. The monoisotopic (exact) mass is 426 g/mol. The number of pyridine rings is 1. The number of fused-ring (bicyclic) bond motifs is 1. The standard InChI is InChI=1S/C24H25F3N4/c1-23(2,3)22-29-13-18-15-31(10-9-21(18)30-22)14-16-7-8-20(28-12-16)17-5-4-6-19(11-17)24(25,26)27/h4-8,11-13H,9-10,14-15H2,1-3H3. The Morgan fingerprint density at radius 3 is 2.48 bits per heavy atom. The summed E-state index contributed by atoms with van der Waals surface area (Å²) in [7, 11) is 0. The molecule has 0 radical (unpaired) electrons. The van der Waals surface area contributed by atoms with Crippen molar-refractivity contribution in [3.05, 3.63) is 77.0 Å². The molecule has 4 nitrogen and oxygen atoms in total. The van der Waals surface area contributed by atoms with Crippen molar-refractivity contribution in [1.82, 2.24) is 19.9 Å². The van der Waals surface area contributed by atoms with Crippen LogP contribution in [-0.4, -0.2) is 26.4 Å². The van der Waals surface area contributed by atoms with E-state index in [1.807, 2.05) is 12.3 Å². The third-order valence-corrected chi connectivity index (χ3v) is 5.40. The summed E-state index contributed by atoms with van der Waals surface area (Å²) < 4.78 is 38.9. The van der Waals surface area contributed by atoms with Crippen LogP contribution in [0.3, 0.4) is 0 Å². The maximum Gasteiger partial charge on any atom is 0.416 e. The fourth-order valence-electron chi connectivity index (χ4n) is 3.67. The summed E-state index contributed by atoms with van der Waals surface area (Å²) in [5.74, 6) is 0.870. The van der Waals surface area contributed by atoms with E-state index in [9.17, 15) is 13.2 Å². The third-order valence-electron chi connectivity index (χ3n) is 5.40. The van der Waals surface area contributed by atoms with Gasteiger partial charge in [-0.3, -0.25) is 9.88 Å². The molecule has 0 saturated heterocycles. The van der Waals surface area contributed by atoms with Gasteiger partial charge in [-0.25, -0.2) is 9.97 Å². The van der Waals surface area contributed by atoms with Crippen molar-refractivity contribution in [2.24, 2.45) is 0 Å². The van der Waals surface area contributed by atoms with E-state index in [0.717, 1.165) is 60.8 Å². The number of hydrogen-bond acceptors (Lipinski definition) is 4. The molecule has 3 aromatic rings. The third kappa shape index (κ3) is 4.93. The van der Waals surface area contributed by atoms with Gasteiger partial charge in [-0.1, -0.05) is 39.0 Å². The van der Waals surface area contributed by atoms with Crippen molar-refractivity contribution in [1.29, 1.82) is 0 Å². The zero-order valence-corrected chi connectivity index (χ0v) is 17.9. The minimum atomic E-state index is -4.36. The van der Waals surface area contributed by atoms with Gasteiger partial charge in [0.2, 0.25) is 0 Å². The first-order chi connectivity index (χ1) is 14.6. The normalized spacial score (nSPS) is 15.0. The first-order valence-corrected chi connectivity index (χ1v) is 10.3. The number of benzene rings is 1. The second-order valence-corrected chi connectivity index (χ2v) is 9.01. The zero-order chi connectivity index (χ0) is 22.2. The molecule has 1 aromatic carbocycles. The molecule has 0 fully saturated rings. The molecule has 0 atom stereocenters. The van der Waals surface area contributed by atoms with Gasteiger partial charge in [-0.15, -0.1) is 0 Å². The van der Waals surface area contributed by atoms with E-state index in [4.69, 9.17) is 4.98 Å². The van der Waals surface area contributed by atoms with Crippen LogP contribution < -0.4 is 0 Å². The molecule has 2 aromatic heterocycles. The molecule has 3 heterocycles. The lowest BCUT2D eigenvalue weighted by Gasteiger charge is -2.29. The molecule has 0 bridgehead atoms. The van der Waals surface area contributed by atoms with Crippen molar-refractivity contribution in [3.63, 3.8) is 0 Å². The largest absolute Gasteiger partial charge is 0.416 e. The van der Waals surface area contributed by atoms with Crippen LogP contribution in [0.25, 0.3) is 11.3 Å². The Balaban J connectivity index is 1.45. The van der Waals surface area contributed by atoms with Crippen LogP contribution in [0.1, 0.15) is 49.0 Å². The van der Waals surface area contributed by atoms with E-state index >= 15 is 0 Å². The summed E-state index contributed by atoms with van der Waals surface area (Å²) >= 11 is 0. The number of aromatic nitrogens is 3. The van der Waals surface area contributed by atoms with E-state index in [0.29, 0.717) is 11.3 Å². The maximum atomic E-state index is 13.0. The van der Waals surface area contributed by atoms with Crippen LogP contribution in [-0.2, 0) is 31.1 Å². The van der Waals surface area contributed by atoms with E-state index in [2.05, 4.69) is 35.6 Å². The number of nitrogens with zero attached hydrogens (tertiary/aromatic N) is 4. The molecule has 0 unspecified atom stereocenters. The van der Waals surface area contributed by atoms with Crippen LogP contribution in [0.5, 0.6) is 0 Å². The minimum absolute atomic E-state index is 0.0702. The molecule has 7 heteroatoms. The molecule has 0 aliphatic carbocycles. The molecular formula is C24H25F3N4. The van der Waals surface area contributed by atoms with Crippen LogP contribution in [0.2, 0.25) is 0 Å². The number of alkyl halides is 3. The van der Waals surface area contributed by atoms with Crippen molar-refractivity contribution in [3.8, 4) is 11.3 Å². The Morgan fingerprint density at radius 2 is 1.81 bits per heavy atom. The number of halogens is 3. The first-order valence-electron chi connectivity index (χ1n) is 10.3. The second-order valence-electron chi connectivity index (χ2n) is 9.01. The lowest BCUT2D eigenvalue weighted by Crippen LogP contribution is -2.32. The van der Waals surface area contributed by atoms with E-state index < -0.39 is 11.7 Å². The van der Waals surface area contributed by atoms with Gasteiger partial charge in [0.05, 0.1) is 11.3 Å². The van der Waals surface area contributed by atoms with Gasteiger partial charge in [0.1, 0.15) is 5.82 Å². The molecule has 0 amide bonds. The van der Waals surface area contributed by atoms with Crippen LogP contribution >= 0.6 is 0 Å². The van der Waals surface area contributed by atoms with Gasteiger partial charge < -0.3 is 0 Å². The summed E-state index contributed by atoms with van der Waals surface area (Å²) in [6.07, 6.45) is 0.183. The second kappa shape index (κ2) is 8.04. The molecule has 1 aliphatic rings. The predicted octanol–water partition coefficient (Wildman–Crippen LogP) is 5.41. The van der Waals surface area contributed by atoms with Crippen molar-refractivity contribution < 1.29 is 13.2 Å².